The van der Waals surface area contributed by atoms with Crippen molar-refractivity contribution >= 4 is 24.6 Å². The fourth-order valence-electron chi connectivity index (χ4n) is 2.10. The second kappa shape index (κ2) is 6.16. The van der Waals surface area contributed by atoms with Gasteiger partial charge >= 0.3 is 7.60 Å². The molecule has 0 aromatic carbocycles. The van der Waals surface area contributed by atoms with Gasteiger partial charge in [-0.2, -0.15) is 0 Å². The predicted octanol–water partition coefficient (Wildman–Crippen LogP) is 1.65. The van der Waals surface area contributed by atoms with Crippen molar-refractivity contribution in [1.82, 2.24) is 19.5 Å². The SMILES string of the molecule is CC1(C)COP(=O)(COCCn2cnc3c(N)ncnc32)OC1. The van der Waals surface area contributed by atoms with Crippen LogP contribution < -0.4 is 5.73 Å². The lowest BCUT2D eigenvalue weighted by molar-refractivity contribution is 0.0260. The number of aromatic nitrogens is 4. The Morgan fingerprint density at radius 3 is 2.83 bits per heavy atom. The lowest BCUT2D eigenvalue weighted by Crippen LogP contribution is -2.30. The smallest absolute Gasteiger partial charge is 0.356 e. The van der Waals surface area contributed by atoms with Gasteiger partial charge in [0.25, 0.3) is 0 Å². The van der Waals surface area contributed by atoms with Gasteiger partial charge in [0.2, 0.25) is 0 Å². The van der Waals surface area contributed by atoms with E-state index >= 15 is 0 Å². The Hall–Kier alpha value is -1.54. The summed E-state index contributed by atoms with van der Waals surface area (Å²) in [4.78, 5) is 12.2. The van der Waals surface area contributed by atoms with E-state index in [1.807, 2.05) is 13.8 Å². The first-order valence-electron chi connectivity index (χ1n) is 7.26. The number of nitrogens with zero attached hydrogens (tertiary/aromatic N) is 4. The fourth-order valence-corrected chi connectivity index (χ4v) is 3.77. The normalized spacial score (nSPS) is 19.9. The minimum Gasteiger partial charge on any atom is -0.382 e. The van der Waals surface area contributed by atoms with Crippen LogP contribution in [0.4, 0.5) is 5.82 Å². The monoisotopic (exact) mass is 341 g/mol. The van der Waals surface area contributed by atoms with Crippen molar-refractivity contribution in [1.29, 1.82) is 0 Å². The Labute approximate surface area is 133 Å². The van der Waals surface area contributed by atoms with E-state index in [0.29, 0.717) is 43.3 Å². The largest absolute Gasteiger partial charge is 0.382 e. The highest BCUT2D eigenvalue weighted by molar-refractivity contribution is 7.53. The summed E-state index contributed by atoms with van der Waals surface area (Å²) >= 11 is 0. The van der Waals surface area contributed by atoms with Crippen LogP contribution in [0.25, 0.3) is 11.2 Å². The van der Waals surface area contributed by atoms with Crippen LogP contribution in [0.5, 0.6) is 0 Å². The van der Waals surface area contributed by atoms with E-state index in [9.17, 15) is 4.57 Å². The van der Waals surface area contributed by atoms with Crippen molar-refractivity contribution in [2.75, 3.05) is 31.9 Å². The van der Waals surface area contributed by atoms with Crippen LogP contribution in [0, 0.1) is 5.41 Å². The Morgan fingerprint density at radius 1 is 1.35 bits per heavy atom. The zero-order valence-corrected chi connectivity index (χ0v) is 14.0. The molecule has 1 aliphatic rings. The highest BCUT2D eigenvalue weighted by atomic mass is 31.2. The number of nitrogen functional groups attached to an aromatic ring is 1. The number of hydrogen-bond donors (Lipinski definition) is 1. The summed E-state index contributed by atoms with van der Waals surface area (Å²) in [6, 6.07) is 0. The molecule has 0 atom stereocenters. The molecule has 1 aliphatic heterocycles. The molecule has 0 spiro atoms. The van der Waals surface area contributed by atoms with Crippen molar-refractivity contribution in [2.45, 2.75) is 20.4 Å². The molecule has 2 N–H and O–H groups in total. The van der Waals surface area contributed by atoms with E-state index in [1.54, 1.807) is 10.9 Å². The lowest BCUT2D eigenvalue weighted by Gasteiger charge is -2.33. The van der Waals surface area contributed by atoms with Crippen LogP contribution in [0.2, 0.25) is 0 Å². The van der Waals surface area contributed by atoms with Crippen molar-refractivity contribution in [2.24, 2.45) is 5.41 Å². The molecule has 0 radical (unpaired) electrons. The molecule has 2 aromatic heterocycles. The molecule has 0 unspecified atom stereocenters. The van der Waals surface area contributed by atoms with Gasteiger partial charge in [0.1, 0.15) is 18.2 Å². The second-order valence-electron chi connectivity index (χ2n) is 6.23. The van der Waals surface area contributed by atoms with E-state index < -0.39 is 7.60 Å². The summed E-state index contributed by atoms with van der Waals surface area (Å²) in [6.07, 6.45) is 2.95. The number of anilines is 1. The van der Waals surface area contributed by atoms with Gasteiger partial charge in [-0.15, -0.1) is 0 Å². The van der Waals surface area contributed by atoms with E-state index in [4.69, 9.17) is 19.5 Å². The van der Waals surface area contributed by atoms with Crippen LogP contribution in [0.1, 0.15) is 13.8 Å². The molecule has 3 rings (SSSR count). The minimum absolute atomic E-state index is 0.0627. The second-order valence-corrected chi connectivity index (χ2v) is 8.22. The number of ether oxygens (including phenoxy) is 1. The maximum absolute atomic E-state index is 12.3. The third-order valence-electron chi connectivity index (χ3n) is 3.46. The predicted molar refractivity (Wildman–Crippen MR) is 83.8 cm³/mol. The van der Waals surface area contributed by atoms with E-state index in [-0.39, 0.29) is 11.8 Å². The van der Waals surface area contributed by atoms with Crippen LogP contribution in [-0.2, 0) is 24.9 Å². The molecule has 2 aromatic rings. The standard InChI is InChI=1S/C13H20N5O4P/c1-13(2)5-21-23(19,22-6-13)9-20-4-3-18-8-17-10-11(14)15-7-16-12(10)18/h7-8H,3-6,9H2,1-2H3,(H2,14,15,16). The highest BCUT2D eigenvalue weighted by Gasteiger charge is 2.36. The van der Waals surface area contributed by atoms with E-state index in [1.165, 1.54) is 6.33 Å². The molecule has 0 bridgehead atoms. The molecule has 0 saturated carbocycles. The van der Waals surface area contributed by atoms with Gasteiger partial charge in [-0.05, 0) is 0 Å². The molecule has 0 amide bonds. The summed E-state index contributed by atoms with van der Waals surface area (Å²) < 4.78 is 30.3. The molecule has 3 heterocycles. The third-order valence-corrected chi connectivity index (χ3v) is 5.00. The van der Waals surface area contributed by atoms with Crippen molar-refractivity contribution < 1.29 is 18.3 Å². The maximum Gasteiger partial charge on any atom is 0.356 e. The van der Waals surface area contributed by atoms with E-state index in [0.717, 1.165) is 0 Å². The van der Waals surface area contributed by atoms with Crippen molar-refractivity contribution in [3.05, 3.63) is 12.7 Å². The average molecular weight is 341 g/mol. The molecule has 23 heavy (non-hydrogen) atoms. The van der Waals surface area contributed by atoms with Gasteiger partial charge in [0.05, 0.1) is 26.1 Å². The Balaban J connectivity index is 1.52. The summed E-state index contributed by atoms with van der Waals surface area (Å²) in [5.41, 5.74) is 6.81. The summed E-state index contributed by atoms with van der Waals surface area (Å²) in [5, 5.41) is 0. The molecule has 1 fully saturated rings. The van der Waals surface area contributed by atoms with Crippen LogP contribution in [0.15, 0.2) is 12.7 Å². The molecule has 10 heteroatoms. The zero-order valence-electron chi connectivity index (χ0n) is 13.1. The molecule has 1 saturated heterocycles. The van der Waals surface area contributed by atoms with Crippen molar-refractivity contribution in [3.8, 4) is 0 Å². The van der Waals surface area contributed by atoms with Gasteiger partial charge in [0, 0.05) is 12.0 Å². The van der Waals surface area contributed by atoms with Gasteiger partial charge < -0.3 is 24.1 Å². The first-order valence-corrected chi connectivity index (χ1v) is 8.99. The Kier molecular flexibility index (Phi) is 4.37. The number of imidazole rings is 1. The van der Waals surface area contributed by atoms with Gasteiger partial charge in [0.15, 0.2) is 11.5 Å². The maximum atomic E-state index is 12.3. The van der Waals surface area contributed by atoms with Gasteiger partial charge in [-0.1, -0.05) is 13.8 Å². The average Bonchev–Trinajstić information content (AvgIpc) is 2.92. The highest BCUT2D eigenvalue weighted by Crippen LogP contribution is 2.53. The molecule has 9 nitrogen and oxygen atoms in total. The van der Waals surface area contributed by atoms with E-state index in [2.05, 4.69) is 15.0 Å². The van der Waals surface area contributed by atoms with Crippen molar-refractivity contribution in [3.63, 3.8) is 0 Å². The first kappa shape index (κ1) is 16.3. The van der Waals surface area contributed by atoms with Crippen LogP contribution >= 0.6 is 7.60 Å². The fraction of sp³-hybridized carbons (Fsp3) is 0.615. The summed E-state index contributed by atoms with van der Waals surface area (Å²) in [7, 11) is -3.15. The molecular formula is C13H20N5O4P. The number of hydrogen-bond acceptors (Lipinski definition) is 8. The molecule has 126 valence electrons. The summed E-state index contributed by atoms with van der Waals surface area (Å²) in [6.45, 7) is 5.62. The van der Waals surface area contributed by atoms with Gasteiger partial charge in [-0.3, -0.25) is 4.57 Å². The zero-order chi connectivity index (χ0) is 16.5. The first-order chi connectivity index (χ1) is 10.9. The third kappa shape index (κ3) is 3.69. The topological polar surface area (TPSA) is 114 Å². The Morgan fingerprint density at radius 2 is 2.09 bits per heavy atom. The minimum atomic E-state index is -3.15. The number of rotatable bonds is 5. The Bertz CT molecular complexity index is 733. The van der Waals surface area contributed by atoms with Gasteiger partial charge in [-0.25, -0.2) is 15.0 Å². The number of nitrogens with two attached hydrogens (primary N) is 1. The number of fused-ring (bicyclic) bond motifs is 1. The summed E-state index contributed by atoms with van der Waals surface area (Å²) in [5.74, 6) is 0.339. The molecular weight excluding hydrogens is 321 g/mol. The lowest BCUT2D eigenvalue weighted by atomic mass is 9.97. The molecule has 0 aliphatic carbocycles. The van der Waals surface area contributed by atoms with Crippen LogP contribution in [0.3, 0.4) is 0 Å². The quantitative estimate of drug-likeness (QED) is 0.645. The van der Waals surface area contributed by atoms with Crippen LogP contribution in [-0.4, -0.2) is 45.7 Å².